The van der Waals surface area contributed by atoms with Crippen molar-refractivity contribution in [3.63, 3.8) is 0 Å². The van der Waals surface area contributed by atoms with E-state index < -0.39 is 36.2 Å². The molecule has 1 aromatic carbocycles. The Morgan fingerprint density at radius 1 is 1.11 bits per heavy atom. The molecule has 1 saturated heterocycles. The van der Waals surface area contributed by atoms with E-state index in [1.165, 1.54) is 22.7 Å². The number of benzene rings is 1. The molecule has 1 unspecified atom stereocenters. The van der Waals surface area contributed by atoms with Gasteiger partial charge in [0.1, 0.15) is 5.60 Å². The van der Waals surface area contributed by atoms with Crippen LogP contribution in [0.3, 0.4) is 0 Å². The van der Waals surface area contributed by atoms with Gasteiger partial charge in [-0.2, -0.15) is 5.10 Å². The van der Waals surface area contributed by atoms with Crippen LogP contribution in [0.5, 0.6) is 0 Å². The maximum atomic E-state index is 14.1. The molecule has 0 spiro atoms. The SMILES string of the molecule is CCOC(=O)OC(C)OC(=O)c1c(-c2ccc(C(=O)N(c3ncccc3Cl)[C@@H]3CCCN(C(=O)OC(C)(C)C)C3)cc2)cnn1C. The van der Waals surface area contributed by atoms with Crippen LogP contribution in [0.4, 0.5) is 15.4 Å². The van der Waals surface area contributed by atoms with Crippen LogP contribution in [0.1, 0.15) is 68.3 Å². The van der Waals surface area contributed by atoms with Crippen LogP contribution in [0.15, 0.2) is 48.8 Å². The van der Waals surface area contributed by atoms with Gasteiger partial charge in [0.15, 0.2) is 11.5 Å². The molecule has 4 rings (SSSR count). The fraction of sp³-hybridized carbons (Fsp3) is 0.438. The number of hydrogen-bond donors (Lipinski definition) is 0. The van der Waals surface area contributed by atoms with Crippen molar-refractivity contribution in [1.82, 2.24) is 19.7 Å². The predicted molar refractivity (Wildman–Crippen MR) is 169 cm³/mol. The largest absolute Gasteiger partial charge is 0.511 e. The number of ether oxygens (including phenoxy) is 4. The summed E-state index contributed by atoms with van der Waals surface area (Å²) in [7, 11) is 1.58. The number of aromatic nitrogens is 3. The number of piperidine rings is 1. The van der Waals surface area contributed by atoms with E-state index in [9.17, 15) is 19.2 Å². The van der Waals surface area contributed by atoms with Crippen molar-refractivity contribution in [2.24, 2.45) is 7.05 Å². The summed E-state index contributed by atoms with van der Waals surface area (Å²) in [6.45, 7) is 9.28. The highest BCUT2D eigenvalue weighted by Gasteiger charge is 2.35. The van der Waals surface area contributed by atoms with Crippen LogP contribution in [0.2, 0.25) is 5.02 Å². The maximum absolute atomic E-state index is 14.1. The Kier molecular flexibility index (Phi) is 10.9. The van der Waals surface area contributed by atoms with E-state index in [0.29, 0.717) is 41.1 Å². The number of likely N-dealkylation sites (tertiary alicyclic amines) is 1. The van der Waals surface area contributed by atoms with Gasteiger partial charge in [-0.05, 0) is 70.4 Å². The van der Waals surface area contributed by atoms with E-state index >= 15 is 0 Å². The molecule has 2 atom stereocenters. The molecule has 1 aliphatic heterocycles. The van der Waals surface area contributed by atoms with E-state index in [2.05, 4.69) is 10.1 Å². The number of esters is 1. The third kappa shape index (κ3) is 8.33. The number of carbonyl (C=O) groups excluding carboxylic acids is 4. The van der Waals surface area contributed by atoms with Gasteiger partial charge in [0.05, 0.1) is 23.9 Å². The molecule has 0 N–H and O–H groups in total. The fourth-order valence-electron chi connectivity index (χ4n) is 4.99. The first-order valence-corrected chi connectivity index (χ1v) is 15.3. The van der Waals surface area contributed by atoms with Gasteiger partial charge >= 0.3 is 18.2 Å². The molecule has 0 aliphatic carbocycles. The van der Waals surface area contributed by atoms with E-state index in [1.807, 2.05) is 0 Å². The lowest BCUT2D eigenvalue weighted by atomic mass is 10.0. The summed E-state index contributed by atoms with van der Waals surface area (Å²) in [4.78, 5) is 59.2. The van der Waals surface area contributed by atoms with Crippen molar-refractivity contribution in [3.8, 4) is 11.1 Å². The Bertz CT molecular complexity index is 1570. The van der Waals surface area contributed by atoms with E-state index in [4.69, 9.17) is 30.5 Å². The molecule has 0 bridgehead atoms. The van der Waals surface area contributed by atoms with Crippen molar-refractivity contribution < 1.29 is 38.1 Å². The van der Waals surface area contributed by atoms with Crippen molar-refractivity contribution >= 4 is 41.5 Å². The number of nitrogens with zero attached hydrogens (tertiary/aromatic N) is 5. The maximum Gasteiger partial charge on any atom is 0.511 e. The zero-order chi connectivity index (χ0) is 33.6. The van der Waals surface area contributed by atoms with E-state index in [0.717, 1.165) is 0 Å². The monoisotopic (exact) mass is 655 g/mol. The number of anilines is 1. The summed E-state index contributed by atoms with van der Waals surface area (Å²) in [5, 5.41) is 4.49. The zero-order valence-electron chi connectivity index (χ0n) is 26.7. The Labute approximate surface area is 272 Å². The number of hydrogen-bond acceptors (Lipinski definition) is 10. The molecule has 3 aromatic rings. The van der Waals surface area contributed by atoms with Gasteiger partial charge < -0.3 is 23.8 Å². The first-order chi connectivity index (χ1) is 21.8. The Hall–Kier alpha value is -4.65. The number of amides is 2. The second-order valence-corrected chi connectivity index (χ2v) is 12.0. The first kappa shape index (κ1) is 34.2. The molecule has 0 radical (unpaired) electrons. The number of halogens is 1. The molecule has 13 nitrogen and oxygen atoms in total. The molecule has 1 aliphatic rings. The number of pyridine rings is 1. The molecule has 2 aromatic heterocycles. The quantitative estimate of drug-likeness (QED) is 0.165. The summed E-state index contributed by atoms with van der Waals surface area (Å²) in [5.41, 5.74) is 0.825. The topological polar surface area (TPSA) is 142 Å². The van der Waals surface area contributed by atoms with Gasteiger partial charge in [-0.15, -0.1) is 0 Å². The Morgan fingerprint density at radius 3 is 2.48 bits per heavy atom. The molecule has 246 valence electrons. The van der Waals surface area contributed by atoms with Crippen molar-refractivity contribution in [2.45, 2.75) is 65.4 Å². The van der Waals surface area contributed by atoms with Gasteiger partial charge in [0.25, 0.3) is 5.91 Å². The lowest BCUT2D eigenvalue weighted by molar-refractivity contribution is -0.0815. The predicted octanol–water partition coefficient (Wildman–Crippen LogP) is 5.86. The number of aryl methyl sites for hydroxylation is 1. The minimum absolute atomic E-state index is 0.113. The van der Waals surface area contributed by atoms with Crippen molar-refractivity contribution in [1.29, 1.82) is 0 Å². The lowest BCUT2D eigenvalue weighted by Gasteiger charge is -2.39. The first-order valence-electron chi connectivity index (χ1n) is 14.9. The van der Waals surface area contributed by atoms with Gasteiger partial charge in [-0.3, -0.25) is 14.4 Å². The van der Waals surface area contributed by atoms with Crippen LogP contribution in [-0.2, 0) is 26.0 Å². The molecule has 3 heterocycles. The Balaban J connectivity index is 1.58. The normalized spacial score (nSPS) is 15.5. The second kappa shape index (κ2) is 14.6. The van der Waals surface area contributed by atoms with Crippen LogP contribution in [0, 0.1) is 0 Å². The molecule has 14 heteroatoms. The molecular formula is C32H38ClN5O8. The standard InChI is InChI=1S/C32H38ClN5O8/c1-7-43-31(42)45-20(2)44-29(40)26-24(18-35-36(26)6)21-12-14-22(15-13-21)28(39)38(27-25(33)11-8-16-34-27)23-10-9-17-37(19-23)30(41)46-32(3,4)5/h8,11-16,18,20,23H,7,9-10,17,19H2,1-6H3/t20?,23-/m1/s1. The number of carbonyl (C=O) groups is 4. The molecule has 46 heavy (non-hydrogen) atoms. The fourth-order valence-corrected chi connectivity index (χ4v) is 5.20. The van der Waals surface area contributed by atoms with Crippen LogP contribution >= 0.6 is 11.6 Å². The highest BCUT2D eigenvalue weighted by Crippen LogP contribution is 2.31. The second-order valence-electron chi connectivity index (χ2n) is 11.6. The summed E-state index contributed by atoms with van der Waals surface area (Å²) in [6.07, 6.45) is 1.72. The third-order valence-corrected chi connectivity index (χ3v) is 7.27. The number of rotatable bonds is 8. The van der Waals surface area contributed by atoms with E-state index in [-0.39, 0.29) is 30.6 Å². The Morgan fingerprint density at radius 2 is 1.83 bits per heavy atom. The summed E-state index contributed by atoms with van der Waals surface area (Å²) >= 11 is 6.54. The third-order valence-electron chi connectivity index (χ3n) is 6.97. The van der Waals surface area contributed by atoms with Crippen molar-refractivity contribution in [2.75, 3.05) is 24.6 Å². The average molecular weight is 656 g/mol. The van der Waals surface area contributed by atoms with Crippen LogP contribution in [0.25, 0.3) is 11.1 Å². The van der Waals surface area contributed by atoms with Gasteiger partial charge in [-0.1, -0.05) is 23.7 Å². The summed E-state index contributed by atoms with van der Waals surface area (Å²) in [5.74, 6) is -0.848. The molecular weight excluding hydrogens is 618 g/mol. The average Bonchev–Trinajstić information content (AvgIpc) is 3.39. The smallest absolute Gasteiger partial charge is 0.444 e. The highest BCUT2D eigenvalue weighted by atomic mass is 35.5. The minimum Gasteiger partial charge on any atom is -0.444 e. The summed E-state index contributed by atoms with van der Waals surface area (Å²) in [6, 6.07) is 9.55. The van der Waals surface area contributed by atoms with Gasteiger partial charge in [-0.25, -0.2) is 19.4 Å². The summed E-state index contributed by atoms with van der Waals surface area (Å²) < 4.78 is 21.9. The highest BCUT2D eigenvalue weighted by molar-refractivity contribution is 6.33. The molecule has 1 fully saturated rings. The zero-order valence-corrected chi connectivity index (χ0v) is 27.4. The van der Waals surface area contributed by atoms with Gasteiger partial charge in [0.2, 0.25) is 6.29 Å². The van der Waals surface area contributed by atoms with Crippen molar-refractivity contribution in [3.05, 3.63) is 65.1 Å². The minimum atomic E-state index is -1.20. The molecule has 2 amide bonds. The van der Waals surface area contributed by atoms with E-state index in [1.54, 1.807) is 82.2 Å². The van der Waals surface area contributed by atoms with Crippen LogP contribution < -0.4 is 4.90 Å². The van der Waals surface area contributed by atoms with Crippen LogP contribution in [-0.4, -0.2) is 81.4 Å². The van der Waals surface area contributed by atoms with Gasteiger partial charge in [0, 0.05) is 44.4 Å². The lowest BCUT2D eigenvalue weighted by Crippen LogP contribution is -2.53. The molecule has 0 saturated carbocycles.